The molecule has 4 aromatic rings. The predicted molar refractivity (Wildman–Crippen MR) is 125 cm³/mol. The van der Waals surface area contributed by atoms with E-state index in [1.807, 2.05) is 66.8 Å². The van der Waals surface area contributed by atoms with Crippen molar-refractivity contribution in [2.75, 3.05) is 0 Å². The topological polar surface area (TPSA) is 57.4 Å². The number of hydrogen-bond acceptors (Lipinski definition) is 2. The molecule has 5 heterocycles. The molecule has 1 aromatic carbocycles. The summed E-state index contributed by atoms with van der Waals surface area (Å²) >= 11 is 2.45. The van der Waals surface area contributed by atoms with Gasteiger partial charge < -0.3 is 9.97 Å². The summed E-state index contributed by atoms with van der Waals surface area (Å²) in [5, 5.41) is 0. The second-order valence-electron chi connectivity index (χ2n) is 7.16. The zero-order valence-corrected chi connectivity index (χ0v) is 18.7. The van der Waals surface area contributed by atoms with Gasteiger partial charge in [-0.25, -0.2) is 9.97 Å². The Morgan fingerprint density at radius 2 is 0.839 bits per heavy atom. The van der Waals surface area contributed by atoms with Crippen LogP contribution < -0.4 is 3.78 Å². The second kappa shape index (κ2) is 8.74. The first-order chi connectivity index (χ1) is 15.2. The summed E-state index contributed by atoms with van der Waals surface area (Å²) in [5.74, 6) is 0. The standard InChI is InChI=1S/C20H14N4.C6H5.Au/c1-2-14-10-16-5-6-18(23-16)12-20-8-7-19(24-20)11-17-4-3-15(22-17)9-13(1)21-14;1-2-4-6-5-3-1;/h1-12,21,24H;1-5H;. The number of rotatable bonds is 0. The zero-order valence-electron chi connectivity index (χ0n) is 16.5. The van der Waals surface area contributed by atoms with Crippen LogP contribution in [-0.2, 0) is 21.1 Å². The minimum absolute atomic E-state index is 0.939. The monoisotopic (exact) mass is 584 g/mol. The maximum absolute atomic E-state index is 4.63. The van der Waals surface area contributed by atoms with E-state index in [0.29, 0.717) is 0 Å². The fraction of sp³-hybridized carbons (Fsp3) is 0. The zero-order chi connectivity index (χ0) is 21.0. The van der Waals surface area contributed by atoms with E-state index in [4.69, 9.17) is 0 Å². The van der Waals surface area contributed by atoms with Crippen LogP contribution in [0.15, 0.2) is 78.9 Å². The minimum atomic E-state index is 0.939. The van der Waals surface area contributed by atoms with Gasteiger partial charge in [-0.05, 0) is 72.8 Å². The van der Waals surface area contributed by atoms with Crippen LogP contribution in [0.25, 0.3) is 46.4 Å². The van der Waals surface area contributed by atoms with Crippen LogP contribution in [0.1, 0.15) is 22.8 Å². The van der Waals surface area contributed by atoms with Gasteiger partial charge in [-0.15, -0.1) is 0 Å². The summed E-state index contributed by atoms with van der Waals surface area (Å²) < 4.78 is 1.27. The van der Waals surface area contributed by atoms with E-state index in [-0.39, 0.29) is 0 Å². The molecule has 0 saturated carbocycles. The van der Waals surface area contributed by atoms with E-state index in [1.165, 1.54) is 3.78 Å². The number of aromatic amines is 2. The number of hydrogen-bond donors (Lipinski definition) is 2. The van der Waals surface area contributed by atoms with Gasteiger partial charge in [-0.1, -0.05) is 0 Å². The molecule has 154 valence electrons. The Hall–Kier alpha value is -3.44. The van der Waals surface area contributed by atoms with Gasteiger partial charge in [0.05, 0.1) is 22.8 Å². The molecule has 0 spiro atoms. The second-order valence-corrected chi connectivity index (χ2v) is 8.41. The van der Waals surface area contributed by atoms with E-state index in [9.17, 15) is 0 Å². The van der Waals surface area contributed by atoms with Crippen LogP contribution >= 0.6 is 0 Å². The average Bonchev–Trinajstić information content (AvgIpc) is 3.55. The molecule has 2 aliphatic heterocycles. The summed E-state index contributed by atoms with van der Waals surface area (Å²) in [6.07, 6.45) is 8.09. The van der Waals surface area contributed by atoms with Crippen LogP contribution in [0, 0.1) is 0 Å². The Balaban J connectivity index is 0.000000250. The predicted octanol–water partition coefficient (Wildman–Crippen LogP) is 5.51. The van der Waals surface area contributed by atoms with E-state index >= 15 is 0 Å². The van der Waals surface area contributed by atoms with E-state index in [1.54, 1.807) is 0 Å². The Labute approximate surface area is 192 Å². The van der Waals surface area contributed by atoms with Gasteiger partial charge in [0.2, 0.25) is 0 Å². The summed E-state index contributed by atoms with van der Waals surface area (Å²) in [5.41, 5.74) is 7.86. The fourth-order valence-corrected chi connectivity index (χ4v) is 3.76. The van der Waals surface area contributed by atoms with Crippen molar-refractivity contribution in [3.8, 4) is 0 Å². The summed E-state index contributed by atoms with van der Waals surface area (Å²) in [7, 11) is 0. The van der Waals surface area contributed by atoms with Crippen LogP contribution in [0.4, 0.5) is 0 Å². The van der Waals surface area contributed by atoms with Crippen molar-refractivity contribution < 1.29 is 21.1 Å². The number of aromatic nitrogens is 4. The number of benzene rings is 1. The molecule has 3 aromatic heterocycles. The van der Waals surface area contributed by atoms with Gasteiger partial charge in [0.15, 0.2) is 0 Å². The van der Waals surface area contributed by atoms with Gasteiger partial charge >= 0.3 is 55.2 Å². The molecule has 0 saturated heterocycles. The summed E-state index contributed by atoms with van der Waals surface area (Å²) in [4.78, 5) is 16.0. The van der Waals surface area contributed by atoms with Gasteiger partial charge in [0, 0.05) is 22.1 Å². The van der Waals surface area contributed by atoms with Gasteiger partial charge in [0.25, 0.3) is 0 Å². The summed E-state index contributed by atoms with van der Waals surface area (Å²) in [6, 6.07) is 26.5. The van der Waals surface area contributed by atoms with Crippen LogP contribution in [0.3, 0.4) is 0 Å². The van der Waals surface area contributed by atoms with Crippen molar-refractivity contribution in [2.45, 2.75) is 0 Å². The van der Waals surface area contributed by atoms with Gasteiger partial charge in [-0.3, -0.25) is 0 Å². The molecule has 6 rings (SSSR count). The normalized spacial score (nSPS) is 11.8. The van der Waals surface area contributed by atoms with Crippen molar-refractivity contribution in [3.63, 3.8) is 0 Å². The van der Waals surface area contributed by atoms with Crippen molar-refractivity contribution >= 4 is 50.2 Å². The third-order valence-electron chi connectivity index (χ3n) is 4.75. The molecule has 2 aliphatic rings. The van der Waals surface area contributed by atoms with E-state index in [0.717, 1.165) is 44.8 Å². The van der Waals surface area contributed by atoms with Gasteiger partial charge in [-0.2, -0.15) is 0 Å². The number of H-pyrrole nitrogens is 2. The van der Waals surface area contributed by atoms with Crippen molar-refractivity contribution in [1.29, 1.82) is 0 Å². The van der Waals surface area contributed by atoms with E-state index < -0.39 is 0 Å². The molecule has 0 fully saturated rings. The molecule has 5 heteroatoms. The number of nitrogens with zero attached hydrogens (tertiary/aromatic N) is 2. The summed E-state index contributed by atoms with van der Waals surface area (Å²) in [6.45, 7) is 0. The molecular weight excluding hydrogens is 565 g/mol. The third kappa shape index (κ3) is 5.01. The van der Waals surface area contributed by atoms with Crippen molar-refractivity contribution in [1.82, 2.24) is 19.9 Å². The van der Waals surface area contributed by atoms with Crippen molar-refractivity contribution in [2.24, 2.45) is 0 Å². The fourth-order valence-electron chi connectivity index (χ4n) is 3.34. The molecular formula is C26H19AuN4. The molecule has 0 radical (unpaired) electrons. The molecule has 31 heavy (non-hydrogen) atoms. The Morgan fingerprint density at radius 1 is 0.484 bits per heavy atom. The first kappa shape index (κ1) is 19.5. The molecule has 0 atom stereocenters. The molecule has 0 unspecified atom stereocenters. The number of nitrogens with one attached hydrogen (secondary N) is 2. The maximum atomic E-state index is 4.63. The van der Waals surface area contributed by atoms with E-state index in [2.05, 4.69) is 77.4 Å². The Kier molecular flexibility index (Phi) is 5.50. The van der Waals surface area contributed by atoms with Crippen LogP contribution in [-0.4, -0.2) is 19.9 Å². The Morgan fingerprint density at radius 3 is 1.13 bits per heavy atom. The van der Waals surface area contributed by atoms with Gasteiger partial charge in [0.1, 0.15) is 0 Å². The average molecular weight is 584 g/mol. The number of fused-ring (bicyclic) bond motifs is 8. The Bertz CT molecular complexity index is 1270. The van der Waals surface area contributed by atoms with Crippen molar-refractivity contribution in [3.05, 3.63) is 102 Å². The molecule has 2 N–H and O–H groups in total. The first-order valence-corrected chi connectivity index (χ1v) is 11.0. The molecule has 0 aliphatic carbocycles. The molecule has 8 bridgehead atoms. The molecule has 0 amide bonds. The van der Waals surface area contributed by atoms with Crippen LogP contribution in [0.5, 0.6) is 0 Å². The quantitative estimate of drug-likeness (QED) is 0.232. The SMILES string of the molecule is C1=Cc2cc3ccc(cc4nc(cc5ccc(cc1n2)[nH]5)C=C4)[nH]3.[Au][c]1ccccc1. The molecule has 4 nitrogen and oxygen atoms in total. The van der Waals surface area contributed by atoms with Crippen LogP contribution in [0.2, 0.25) is 0 Å². The first-order valence-electron chi connectivity index (χ1n) is 9.91. The third-order valence-corrected chi connectivity index (χ3v) is 5.47.